The molecule has 0 aliphatic carbocycles. The van der Waals surface area contributed by atoms with Gasteiger partial charge in [-0.2, -0.15) is 13.2 Å². The van der Waals surface area contributed by atoms with E-state index in [0.717, 1.165) is 6.07 Å². The van der Waals surface area contributed by atoms with Crippen LogP contribution in [-0.2, 0) is 6.18 Å². The second kappa shape index (κ2) is 5.23. The van der Waals surface area contributed by atoms with Crippen molar-refractivity contribution < 1.29 is 13.2 Å². The van der Waals surface area contributed by atoms with Crippen LogP contribution in [0.15, 0.2) is 36.4 Å². The lowest BCUT2D eigenvalue weighted by Gasteiger charge is -2.14. The Morgan fingerprint density at radius 1 is 0.737 bits per heavy atom. The molecule has 0 N–H and O–H groups in total. The summed E-state index contributed by atoms with van der Waals surface area (Å²) in [6.07, 6.45) is -4.50. The standard InChI is InChI=1S/C13H6Cl3F3/c14-8-1-2-11(12(6-8)13(17,18)19)7-3-9(15)5-10(16)4-7/h1-6H. The molecule has 0 saturated carbocycles. The summed E-state index contributed by atoms with van der Waals surface area (Å²) in [6, 6.07) is 7.87. The molecule has 0 aliphatic heterocycles. The molecule has 0 aliphatic rings. The molecule has 0 nitrogen and oxygen atoms in total. The van der Waals surface area contributed by atoms with E-state index < -0.39 is 11.7 Å². The van der Waals surface area contributed by atoms with E-state index in [0.29, 0.717) is 5.56 Å². The predicted molar refractivity (Wildman–Crippen MR) is 71.9 cm³/mol. The van der Waals surface area contributed by atoms with Gasteiger partial charge in [0.25, 0.3) is 0 Å². The van der Waals surface area contributed by atoms with Crippen molar-refractivity contribution in [3.8, 4) is 11.1 Å². The van der Waals surface area contributed by atoms with Gasteiger partial charge in [0.15, 0.2) is 0 Å². The van der Waals surface area contributed by atoms with Crippen LogP contribution in [0.2, 0.25) is 15.1 Å². The molecule has 2 rings (SSSR count). The fourth-order valence-corrected chi connectivity index (χ4v) is 2.41. The number of rotatable bonds is 1. The smallest absolute Gasteiger partial charge is 0.166 e. The maximum absolute atomic E-state index is 13.0. The third-order valence-corrected chi connectivity index (χ3v) is 3.13. The number of alkyl halides is 3. The molecule has 0 atom stereocenters. The highest BCUT2D eigenvalue weighted by Crippen LogP contribution is 2.39. The maximum Gasteiger partial charge on any atom is 0.417 e. The van der Waals surface area contributed by atoms with Crippen LogP contribution in [0.1, 0.15) is 5.56 Å². The van der Waals surface area contributed by atoms with Gasteiger partial charge in [0.1, 0.15) is 0 Å². The Balaban J connectivity index is 2.68. The molecule has 6 heteroatoms. The van der Waals surface area contributed by atoms with Gasteiger partial charge in [-0.3, -0.25) is 0 Å². The second-order valence-corrected chi connectivity index (χ2v) is 5.16. The van der Waals surface area contributed by atoms with Crippen LogP contribution in [0.3, 0.4) is 0 Å². The van der Waals surface area contributed by atoms with Crippen molar-refractivity contribution in [1.29, 1.82) is 0 Å². The van der Waals surface area contributed by atoms with Crippen molar-refractivity contribution >= 4 is 34.8 Å². The van der Waals surface area contributed by atoms with Gasteiger partial charge in [0.2, 0.25) is 0 Å². The maximum atomic E-state index is 13.0. The van der Waals surface area contributed by atoms with Gasteiger partial charge in [0, 0.05) is 15.1 Å². The summed E-state index contributed by atoms with van der Waals surface area (Å²) in [4.78, 5) is 0. The molecule has 0 fully saturated rings. The summed E-state index contributed by atoms with van der Waals surface area (Å²) in [5, 5.41) is 0.556. The first-order valence-corrected chi connectivity index (χ1v) is 6.24. The van der Waals surface area contributed by atoms with Crippen molar-refractivity contribution in [3.05, 3.63) is 57.0 Å². The highest BCUT2D eigenvalue weighted by Gasteiger charge is 2.34. The molecule has 0 unspecified atom stereocenters. The first kappa shape index (κ1) is 14.5. The normalized spacial score (nSPS) is 11.7. The highest BCUT2D eigenvalue weighted by molar-refractivity contribution is 6.35. The Labute approximate surface area is 122 Å². The zero-order valence-corrected chi connectivity index (χ0v) is 11.5. The van der Waals surface area contributed by atoms with E-state index in [1.54, 1.807) is 0 Å². The zero-order valence-electron chi connectivity index (χ0n) is 9.23. The molecule has 19 heavy (non-hydrogen) atoms. The lowest BCUT2D eigenvalue weighted by molar-refractivity contribution is -0.137. The van der Waals surface area contributed by atoms with Crippen molar-refractivity contribution in [2.75, 3.05) is 0 Å². The van der Waals surface area contributed by atoms with Gasteiger partial charge >= 0.3 is 6.18 Å². The summed E-state index contributed by atoms with van der Waals surface area (Å²) >= 11 is 17.2. The predicted octanol–water partition coefficient (Wildman–Crippen LogP) is 6.33. The fourth-order valence-electron chi connectivity index (χ4n) is 1.71. The fraction of sp³-hybridized carbons (Fsp3) is 0.0769. The molecular formula is C13H6Cl3F3. The van der Waals surface area contributed by atoms with E-state index in [1.165, 1.54) is 30.3 Å². The summed E-state index contributed by atoms with van der Waals surface area (Å²) in [5.74, 6) is 0. The lowest BCUT2D eigenvalue weighted by Crippen LogP contribution is -2.07. The third-order valence-electron chi connectivity index (χ3n) is 2.46. The van der Waals surface area contributed by atoms with Crippen LogP contribution in [0, 0.1) is 0 Å². The lowest BCUT2D eigenvalue weighted by atomic mass is 9.99. The molecule has 0 heterocycles. The molecule has 0 aromatic heterocycles. The topological polar surface area (TPSA) is 0 Å². The summed E-state index contributed by atoms with van der Waals surface area (Å²) < 4.78 is 39.0. The van der Waals surface area contributed by atoms with Gasteiger partial charge in [-0.1, -0.05) is 40.9 Å². The van der Waals surface area contributed by atoms with E-state index in [-0.39, 0.29) is 20.6 Å². The van der Waals surface area contributed by atoms with Crippen LogP contribution in [0.5, 0.6) is 0 Å². The average molecular weight is 326 g/mol. The third kappa shape index (κ3) is 3.35. The summed E-state index contributed by atoms with van der Waals surface area (Å²) in [5.41, 5.74) is -0.541. The number of hydrogen-bond acceptors (Lipinski definition) is 0. The molecule has 0 amide bonds. The van der Waals surface area contributed by atoms with Crippen LogP contribution in [-0.4, -0.2) is 0 Å². The van der Waals surface area contributed by atoms with Gasteiger partial charge in [-0.15, -0.1) is 0 Å². The van der Waals surface area contributed by atoms with Crippen LogP contribution >= 0.6 is 34.8 Å². The molecule has 2 aromatic carbocycles. The average Bonchev–Trinajstić information content (AvgIpc) is 2.26. The van der Waals surface area contributed by atoms with Gasteiger partial charge in [-0.25, -0.2) is 0 Å². The molecule has 100 valence electrons. The largest absolute Gasteiger partial charge is 0.417 e. The molecule has 2 aromatic rings. The highest BCUT2D eigenvalue weighted by atomic mass is 35.5. The minimum atomic E-state index is -4.50. The zero-order chi connectivity index (χ0) is 14.2. The number of halogens is 6. The Morgan fingerprint density at radius 2 is 1.32 bits per heavy atom. The van der Waals surface area contributed by atoms with Crippen molar-refractivity contribution in [1.82, 2.24) is 0 Å². The summed E-state index contributed by atoms with van der Waals surface area (Å²) in [7, 11) is 0. The van der Waals surface area contributed by atoms with Crippen molar-refractivity contribution in [2.24, 2.45) is 0 Å². The van der Waals surface area contributed by atoms with Gasteiger partial charge < -0.3 is 0 Å². The Hall–Kier alpha value is -0.900. The van der Waals surface area contributed by atoms with E-state index in [4.69, 9.17) is 34.8 Å². The van der Waals surface area contributed by atoms with E-state index in [1.807, 2.05) is 0 Å². The molecule has 0 bridgehead atoms. The van der Waals surface area contributed by atoms with Crippen molar-refractivity contribution in [3.63, 3.8) is 0 Å². The molecule has 0 spiro atoms. The Bertz CT molecular complexity index is 601. The molecule has 0 saturated heterocycles. The van der Waals surface area contributed by atoms with Crippen molar-refractivity contribution in [2.45, 2.75) is 6.18 Å². The number of benzene rings is 2. The quantitative estimate of drug-likeness (QED) is 0.574. The molecular weight excluding hydrogens is 319 g/mol. The Kier molecular flexibility index (Phi) is 4.00. The summed E-state index contributed by atoms with van der Waals surface area (Å²) in [6.45, 7) is 0. The monoisotopic (exact) mass is 324 g/mol. The minimum absolute atomic E-state index is 0.0127. The van der Waals surface area contributed by atoms with Gasteiger partial charge in [-0.05, 0) is 41.5 Å². The van der Waals surface area contributed by atoms with Crippen LogP contribution in [0.4, 0.5) is 13.2 Å². The van der Waals surface area contributed by atoms with Crippen LogP contribution in [0.25, 0.3) is 11.1 Å². The van der Waals surface area contributed by atoms with Crippen LogP contribution < -0.4 is 0 Å². The second-order valence-electron chi connectivity index (χ2n) is 3.85. The SMILES string of the molecule is FC(F)(F)c1cc(Cl)ccc1-c1cc(Cl)cc(Cl)c1. The first-order valence-electron chi connectivity index (χ1n) is 5.10. The first-order chi connectivity index (χ1) is 8.77. The number of hydrogen-bond donors (Lipinski definition) is 0. The van der Waals surface area contributed by atoms with E-state index >= 15 is 0 Å². The minimum Gasteiger partial charge on any atom is -0.166 e. The van der Waals surface area contributed by atoms with Gasteiger partial charge in [0.05, 0.1) is 5.56 Å². The van der Waals surface area contributed by atoms with E-state index in [2.05, 4.69) is 0 Å². The molecule has 0 radical (unpaired) electrons. The van der Waals surface area contributed by atoms with E-state index in [9.17, 15) is 13.2 Å². The Morgan fingerprint density at radius 3 is 1.84 bits per heavy atom.